The molecule has 3 rings (SSSR count). The van der Waals surface area contributed by atoms with Crippen LogP contribution in [-0.2, 0) is 6.54 Å². The van der Waals surface area contributed by atoms with Gasteiger partial charge in [-0.3, -0.25) is 0 Å². The highest BCUT2D eigenvalue weighted by Crippen LogP contribution is 2.42. The van der Waals surface area contributed by atoms with Gasteiger partial charge in [-0.15, -0.1) is 22.7 Å². The van der Waals surface area contributed by atoms with Crippen molar-refractivity contribution in [3.05, 3.63) is 19.7 Å². The Kier molecular flexibility index (Phi) is 2.90. The number of thiophene rings is 2. The molecule has 0 bridgehead atoms. The summed E-state index contributed by atoms with van der Waals surface area (Å²) in [6, 6.07) is 4.46. The van der Waals surface area contributed by atoms with E-state index in [1.807, 2.05) is 22.7 Å². The van der Waals surface area contributed by atoms with Crippen molar-refractivity contribution in [2.45, 2.75) is 19.9 Å². The lowest BCUT2D eigenvalue weighted by Crippen LogP contribution is -1.94. The van der Waals surface area contributed by atoms with E-state index in [1.54, 1.807) is 0 Å². The summed E-state index contributed by atoms with van der Waals surface area (Å²) >= 11 is 10.8. The van der Waals surface area contributed by atoms with Gasteiger partial charge in [-0.05, 0) is 50.4 Å². The highest BCUT2D eigenvalue weighted by molar-refractivity contribution is 9.11. The second kappa shape index (κ2) is 4.12. The van der Waals surface area contributed by atoms with Crippen LogP contribution in [0.3, 0.4) is 0 Å². The SMILES string of the molecule is CCCn1c2cc(Br)sc2c2sc(Br)cc21. The topological polar surface area (TPSA) is 4.93 Å². The molecule has 0 radical (unpaired) electrons. The molecule has 16 heavy (non-hydrogen) atoms. The molecule has 3 heterocycles. The Morgan fingerprint density at radius 3 is 2.00 bits per heavy atom. The maximum absolute atomic E-state index is 3.58. The van der Waals surface area contributed by atoms with Crippen LogP contribution in [0.4, 0.5) is 0 Å². The summed E-state index contributed by atoms with van der Waals surface area (Å²) in [4.78, 5) is 0. The number of aryl methyl sites for hydroxylation is 1. The van der Waals surface area contributed by atoms with E-state index in [2.05, 4.69) is 55.5 Å². The third-order valence-corrected chi connectivity index (χ3v) is 6.02. The van der Waals surface area contributed by atoms with Crippen molar-refractivity contribution in [2.24, 2.45) is 0 Å². The number of rotatable bonds is 2. The molecule has 0 aliphatic rings. The maximum atomic E-state index is 3.58. The molecular weight excluding hydrogens is 370 g/mol. The van der Waals surface area contributed by atoms with Crippen LogP contribution in [0.5, 0.6) is 0 Å². The van der Waals surface area contributed by atoms with Gasteiger partial charge < -0.3 is 4.57 Å². The van der Waals surface area contributed by atoms with Crippen molar-refractivity contribution in [2.75, 3.05) is 0 Å². The number of fused-ring (bicyclic) bond motifs is 3. The van der Waals surface area contributed by atoms with E-state index in [-0.39, 0.29) is 0 Å². The molecule has 0 saturated heterocycles. The Balaban J connectivity index is 2.44. The first-order valence-corrected chi connectivity index (χ1v) is 8.29. The van der Waals surface area contributed by atoms with Gasteiger partial charge in [0.1, 0.15) is 0 Å². The molecule has 0 fully saturated rings. The summed E-state index contributed by atoms with van der Waals surface area (Å²) in [6.45, 7) is 3.31. The lowest BCUT2D eigenvalue weighted by atomic mass is 10.4. The van der Waals surface area contributed by atoms with Gasteiger partial charge in [0, 0.05) is 6.54 Å². The Labute approximate surface area is 118 Å². The minimum absolute atomic E-state index is 1.09. The van der Waals surface area contributed by atoms with Gasteiger partial charge >= 0.3 is 0 Å². The quantitative estimate of drug-likeness (QED) is 0.526. The summed E-state index contributed by atoms with van der Waals surface area (Å²) in [7, 11) is 0. The van der Waals surface area contributed by atoms with Crippen LogP contribution >= 0.6 is 54.5 Å². The Hall–Kier alpha value is 0.160. The lowest BCUT2D eigenvalue weighted by molar-refractivity contribution is 0.724. The van der Waals surface area contributed by atoms with Crippen LogP contribution in [0.25, 0.3) is 20.4 Å². The molecule has 3 aromatic rings. The second-order valence-electron chi connectivity index (χ2n) is 3.68. The fourth-order valence-corrected chi connectivity index (χ4v) is 5.35. The molecule has 84 valence electrons. The van der Waals surface area contributed by atoms with Crippen molar-refractivity contribution in [3.8, 4) is 0 Å². The Morgan fingerprint density at radius 2 is 1.56 bits per heavy atom. The van der Waals surface area contributed by atoms with Crippen molar-refractivity contribution in [1.82, 2.24) is 4.57 Å². The van der Waals surface area contributed by atoms with Crippen LogP contribution < -0.4 is 0 Å². The molecule has 0 aliphatic heterocycles. The average molecular weight is 379 g/mol. The first-order chi connectivity index (χ1) is 7.70. The maximum Gasteiger partial charge on any atom is 0.0726 e. The summed E-state index contributed by atoms with van der Waals surface area (Å²) in [6.07, 6.45) is 1.17. The number of hydrogen-bond acceptors (Lipinski definition) is 2. The molecule has 0 spiro atoms. The van der Waals surface area contributed by atoms with Gasteiger partial charge in [-0.1, -0.05) is 6.92 Å². The van der Waals surface area contributed by atoms with Gasteiger partial charge in [-0.2, -0.15) is 0 Å². The van der Waals surface area contributed by atoms with Gasteiger partial charge in [0.2, 0.25) is 0 Å². The lowest BCUT2D eigenvalue weighted by Gasteiger charge is -2.01. The standard InChI is InChI=1S/C11H9Br2NS2/c1-2-3-14-6-4-8(12)15-10(6)11-7(14)5-9(13)16-11/h4-5H,2-3H2,1H3. The fourth-order valence-electron chi connectivity index (χ4n) is 2.03. The minimum Gasteiger partial charge on any atom is -0.339 e. The highest BCUT2D eigenvalue weighted by atomic mass is 79.9. The minimum atomic E-state index is 1.09. The first-order valence-electron chi connectivity index (χ1n) is 5.07. The molecule has 0 amide bonds. The predicted molar refractivity (Wildman–Crippen MR) is 80.9 cm³/mol. The zero-order chi connectivity index (χ0) is 11.3. The number of aromatic nitrogens is 1. The molecule has 0 aromatic carbocycles. The average Bonchev–Trinajstić information content (AvgIpc) is 2.82. The monoisotopic (exact) mass is 377 g/mol. The summed E-state index contributed by atoms with van der Waals surface area (Å²) < 4.78 is 7.67. The van der Waals surface area contributed by atoms with Crippen LogP contribution in [-0.4, -0.2) is 4.57 Å². The molecule has 0 saturated carbocycles. The summed E-state index contributed by atoms with van der Waals surface area (Å²) in [5, 5.41) is 0. The van der Waals surface area contributed by atoms with Crippen molar-refractivity contribution in [1.29, 1.82) is 0 Å². The molecule has 0 unspecified atom stereocenters. The van der Waals surface area contributed by atoms with Crippen molar-refractivity contribution >= 4 is 75.0 Å². The van der Waals surface area contributed by atoms with E-state index in [0.29, 0.717) is 0 Å². The smallest absolute Gasteiger partial charge is 0.0726 e. The van der Waals surface area contributed by atoms with Crippen LogP contribution in [0, 0.1) is 0 Å². The molecule has 0 N–H and O–H groups in total. The Bertz CT molecular complexity index is 608. The summed E-state index contributed by atoms with van der Waals surface area (Å²) in [5.41, 5.74) is 2.74. The third-order valence-electron chi connectivity index (χ3n) is 2.60. The van der Waals surface area contributed by atoms with Crippen LogP contribution in [0.2, 0.25) is 0 Å². The predicted octanol–water partition coefficient (Wildman–Crippen LogP) is 5.85. The summed E-state index contributed by atoms with van der Waals surface area (Å²) in [5.74, 6) is 0. The van der Waals surface area contributed by atoms with Crippen molar-refractivity contribution < 1.29 is 0 Å². The van der Waals surface area contributed by atoms with Crippen molar-refractivity contribution in [3.63, 3.8) is 0 Å². The molecular formula is C11H9Br2NS2. The van der Waals surface area contributed by atoms with Gasteiger partial charge in [-0.25, -0.2) is 0 Å². The van der Waals surface area contributed by atoms with Gasteiger partial charge in [0.15, 0.2) is 0 Å². The highest BCUT2D eigenvalue weighted by Gasteiger charge is 2.15. The molecule has 5 heteroatoms. The van der Waals surface area contributed by atoms with E-state index in [4.69, 9.17) is 0 Å². The first kappa shape index (κ1) is 11.3. The van der Waals surface area contributed by atoms with E-state index in [1.165, 1.54) is 34.4 Å². The van der Waals surface area contributed by atoms with Crippen LogP contribution in [0.15, 0.2) is 19.7 Å². The van der Waals surface area contributed by atoms with Gasteiger partial charge in [0.05, 0.1) is 28.0 Å². The number of halogens is 2. The largest absolute Gasteiger partial charge is 0.339 e. The molecule has 1 nitrogen and oxygen atoms in total. The number of hydrogen-bond donors (Lipinski definition) is 0. The molecule has 0 aliphatic carbocycles. The van der Waals surface area contributed by atoms with Crippen LogP contribution in [0.1, 0.15) is 13.3 Å². The Morgan fingerprint density at radius 1 is 1.06 bits per heavy atom. The van der Waals surface area contributed by atoms with E-state index in [0.717, 1.165) is 6.54 Å². The zero-order valence-electron chi connectivity index (χ0n) is 8.59. The molecule has 3 aromatic heterocycles. The fraction of sp³-hybridized carbons (Fsp3) is 0.273. The third kappa shape index (κ3) is 1.60. The number of nitrogens with zero attached hydrogens (tertiary/aromatic N) is 1. The normalized spacial score (nSPS) is 11.9. The van der Waals surface area contributed by atoms with Gasteiger partial charge in [0.25, 0.3) is 0 Å². The zero-order valence-corrected chi connectivity index (χ0v) is 13.4. The molecule has 0 atom stereocenters. The second-order valence-corrected chi connectivity index (χ2v) is 8.54. The van der Waals surface area contributed by atoms with E-state index < -0.39 is 0 Å². The van der Waals surface area contributed by atoms with E-state index in [9.17, 15) is 0 Å². The van der Waals surface area contributed by atoms with E-state index >= 15 is 0 Å².